The maximum Gasteiger partial charge on any atom is 0.321 e. The zero-order valence-electron chi connectivity index (χ0n) is 16.7. The number of carbonyl (C=O) groups excluding carboxylic acids is 2. The van der Waals surface area contributed by atoms with Crippen LogP contribution in [-0.4, -0.2) is 58.3 Å². The van der Waals surface area contributed by atoms with Crippen LogP contribution in [0.5, 0.6) is 0 Å². The zero-order valence-corrected chi connectivity index (χ0v) is 17.5. The molecule has 152 valence electrons. The molecular weight excluding hydrogens is 378 g/mol. The third-order valence-corrected chi connectivity index (χ3v) is 5.57. The molecule has 0 bridgehead atoms. The Hall–Kier alpha value is -2.39. The monoisotopic (exact) mass is 405 g/mol. The van der Waals surface area contributed by atoms with E-state index in [0.717, 1.165) is 13.1 Å². The van der Waals surface area contributed by atoms with Crippen LogP contribution < -0.4 is 16.2 Å². The number of rotatable bonds is 8. The number of thioether (sulfide) groups is 1. The van der Waals surface area contributed by atoms with E-state index in [0.29, 0.717) is 29.1 Å². The number of urea groups is 1. The van der Waals surface area contributed by atoms with Crippen molar-refractivity contribution in [3.8, 4) is 0 Å². The summed E-state index contributed by atoms with van der Waals surface area (Å²) in [6, 6.07) is 6.61. The Kier molecular flexibility index (Phi) is 8.01. The van der Waals surface area contributed by atoms with Gasteiger partial charge in [0, 0.05) is 20.1 Å². The van der Waals surface area contributed by atoms with Crippen LogP contribution in [0.3, 0.4) is 0 Å². The first kappa shape index (κ1) is 21.9. The fraction of sp³-hybridized carbons (Fsp3) is 0.474. The summed E-state index contributed by atoms with van der Waals surface area (Å²) in [5, 5.41) is 5.03. The van der Waals surface area contributed by atoms with Crippen LogP contribution in [0.4, 0.5) is 4.79 Å². The summed E-state index contributed by atoms with van der Waals surface area (Å²) in [6.45, 7) is 8.79. The molecular formula is C19H27N5O3S. The van der Waals surface area contributed by atoms with Crippen LogP contribution in [0, 0.1) is 0 Å². The number of aromatic nitrogens is 2. The van der Waals surface area contributed by atoms with Gasteiger partial charge in [0.25, 0.3) is 5.56 Å². The summed E-state index contributed by atoms with van der Waals surface area (Å²) in [5.74, 6) is -0.443. The molecule has 1 heterocycles. The highest BCUT2D eigenvalue weighted by Crippen LogP contribution is 2.22. The Morgan fingerprint density at radius 1 is 1.25 bits per heavy atom. The third kappa shape index (κ3) is 5.32. The molecule has 1 atom stereocenters. The fourth-order valence-corrected chi connectivity index (χ4v) is 3.64. The number of para-hydroxylation sites is 1. The summed E-state index contributed by atoms with van der Waals surface area (Å²) in [6.07, 6.45) is 0. The number of amides is 3. The molecule has 0 aliphatic carbocycles. The van der Waals surface area contributed by atoms with Gasteiger partial charge in [-0.2, -0.15) is 0 Å². The van der Waals surface area contributed by atoms with Crippen molar-refractivity contribution in [2.24, 2.45) is 0 Å². The van der Waals surface area contributed by atoms with Crippen molar-refractivity contribution in [2.75, 3.05) is 26.7 Å². The quantitative estimate of drug-likeness (QED) is 0.512. The Morgan fingerprint density at radius 3 is 2.57 bits per heavy atom. The fourth-order valence-electron chi connectivity index (χ4n) is 2.70. The minimum absolute atomic E-state index is 0.126. The summed E-state index contributed by atoms with van der Waals surface area (Å²) < 4.78 is 1.62. The van der Waals surface area contributed by atoms with Crippen LogP contribution in [0.2, 0.25) is 0 Å². The van der Waals surface area contributed by atoms with Gasteiger partial charge < -0.3 is 10.2 Å². The number of carbonyl (C=O) groups is 2. The van der Waals surface area contributed by atoms with E-state index in [2.05, 4.69) is 34.4 Å². The van der Waals surface area contributed by atoms with Gasteiger partial charge in [-0.1, -0.05) is 37.7 Å². The molecule has 3 amide bonds. The second kappa shape index (κ2) is 10.2. The van der Waals surface area contributed by atoms with Gasteiger partial charge in [-0.3, -0.25) is 19.5 Å². The second-order valence-corrected chi connectivity index (χ2v) is 7.53. The van der Waals surface area contributed by atoms with E-state index in [1.54, 1.807) is 23.6 Å². The molecule has 0 radical (unpaired) electrons. The van der Waals surface area contributed by atoms with Crippen molar-refractivity contribution >= 4 is 34.6 Å². The molecule has 2 N–H and O–H groups in total. The average molecular weight is 406 g/mol. The minimum Gasteiger partial charge on any atom is -0.341 e. The van der Waals surface area contributed by atoms with Crippen LogP contribution >= 0.6 is 11.8 Å². The number of imide groups is 1. The van der Waals surface area contributed by atoms with Crippen molar-refractivity contribution in [1.29, 1.82) is 0 Å². The molecule has 0 unspecified atom stereocenters. The number of nitrogens with one attached hydrogen (secondary N) is 2. The van der Waals surface area contributed by atoms with Crippen LogP contribution in [0.25, 0.3) is 10.9 Å². The lowest BCUT2D eigenvalue weighted by Crippen LogP contribution is -2.41. The minimum atomic E-state index is -0.593. The van der Waals surface area contributed by atoms with Crippen molar-refractivity contribution in [3.05, 3.63) is 34.6 Å². The number of likely N-dealkylation sites (N-methyl/N-ethyl adjacent to an activating group) is 1. The first-order valence-electron chi connectivity index (χ1n) is 9.32. The molecule has 9 heteroatoms. The molecule has 1 aromatic heterocycles. The highest BCUT2D eigenvalue weighted by atomic mass is 32.2. The Morgan fingerprint density at radius 2 is 1.93 bits per heavy atom. The van der Waals surface area contributed by atoms with Gasteiger partial charge >= 0.3 is 6.03 Å². The Balaban J connectivity index is 2.36. The van der Waals surface area contributed by atoms with Crippen molar-refractivity contribution in [3.63, 3.8) is 0 Å². The van der Waals surface area contributed by atoms with Gasteiger partial charge in [0.15, 0.2) is 5.16 Å². The molecule has 8 nitrogen and oxygen atoms in total. The third-order valence-electron chi connectivity index (χ3n) is 4.48. The van der Waals surface area contributed by atoms with Gasteiger partial charge in [0.05, 0.1) is 16.2 Å². The van der Waals surface area contributed by atoms with E-state index in [-0.39, 0.29) is 5.56 Å². The first-order valence-corrected chi connectivity index (χ1v) is 10.2. The standard InChI is InChI=1S/C19H27N5O3S/c1-5-23(6-2)11-12-24-17(26)14-9-7-8-10-15(14)21-19(24)28-13(3)16(25)22-18(27)20-4/h7-10,13H,5-6,11-12H2,1-4H3,(H2,20,22,25,27)/t13-/m0/s1. The number of nitrogens with zero attached hydrogens (tertiary/aromatic N) is 3. The van der Waals surface area contributed by atoms with Gasteiger partial charge in [0.1, 0.15) is 0 Å². The van der Waals surface area contributed by atoms with Gasteiger partial charge in [-0.25, -0.2) is 9.78 Å². The second-order valence-electron chi connectivity index (χ2n) is 6.22. The lowest BCUT2D eigenvalue weighted by molar-refractivity contribution is -0.119. The SMILES string of the molecule is CCN(CC)CCn1c(S[C@@H](C)C(=O)NC(=O)NC)nc2ccccc2c1=O. The summed E-state index contributed by atoms with van der Waals surface area (Å²) in [4.78, 5) is 43.5. The Bertz CT molecular complexity index is 895. The number of benzene rings is 1. The number of fused-ring (bicyclic) bond motifs is 1. The van der Waals surface area contributed by atoms with Crippen LogP contribution in [0.1, 0.15) is 20.8 Å². The average Bonchev–Trinajstić information content (AvgIpc) is 2.70. The molecule has 0 aliphatic rings. The van der Waals surface area contributed by atoms with Crippen LogP contribution in [0.15, 0.2) is 34.2 Å². The van der Waals surface area contributed by atoms with E-state index in [4.69, 9.17) is 0 Å². The van der Waals surface area contributed by atoms with Crippen molar-refractivity contribution in [1.82, 2.24) is 25.1 Å². The van der Waals surface area contributed by atoms with Crippen molar-refractivity contribution in [2.45, 2.75) is 37.7 Å². The Labute approximate surface area is 168 Å². The highest BCUT2D eigenvalue weighted by Gasteiger charge is 2.21. The topological polar surface area (TPSA) is 96.3 Å². The molecule has 0 spiro atoms. The van der Waals surface area contributed by atoms with Crippen molar-refractivity contribution < 1.29 is 9.59 Å². The molecule has 28 heavy (non-hydrogen) atoms. The van der Waals surface area contributed by atoms with Crippen LogP contribution in [-0.2, 0) is 11.3 Å². The zero-order chi connectivity index (χ0) is 20.7. The van der Waals surface area contributed by atoms with Gasteiger partial charge in [-0.15, -0.1) is 0 Å². The predicted octanol–water partition coefficient (Wildman–Crippen LogP) is 1.67. The normalized spacial score (nSPS) is 12.2. The molecule has 2 rings (SSSR count). The van der Waals surface area contributed by atoms with E-state index < -0.39 is 17.2 Å². The molecule has 0 saturated heterocycles. The van der Waals surface area contributed by atoms with E-state index in [1.165, 1.54) is 18.8 Å². The highest BCUT2D eigenvalue weighted by molar-refractivity contribution is 8.00. The maximum atomic E-state index is 13.0. The lowest BCUT2D eigenvalue weighted by atomic mass is 10.2. The molecule has 0 aliphatic heterocycles. The smallest absolute Gasteiger partial charge is 0.321 e. The van der Waals surface area contributed by atoms with Gasteiger partial charge in [-0.05, 0) is 32.1 Å². The largest absolute Gasteiger partial charge is 0.341 e. The number of hydrogen-bond donors (Lipinski definition) is 2. The molecule has 2 aromatic rings. The predicted molar refractivity (Wildman–Crippen MR) is 112 cm³/mol. The molecule has 0 fully saturated rings. The maximum absolute atomic E-state index is 13.0. The van der Waals surface area contributed by atoms with E-state index >= 15 is 0 Å². The molecule has 0 saturated carbocycles. The van der Waals surface area contributed by atoms with E-state index in [1.807, 2.05) is 12.1 Å². The first-order chi connectivity index (χ1) is 13.4. The van der Waals surface area contributed by atoms with E-state index in [9.17, 15) is 14.4 Å². The summed E-state index contributed by atoms with van der Waals surface area (Å²) in [7, 11) is 1.44. The number of hydrogen-bond acceptors (Lipinski definition) is 6. The molecule has 1 aromatic carbocycles. The summed E-state index contributed by atoms with van der Waals surface area (Å²) in [5.41, 5.74) is 0.465. The lowest BCUT2D eigenvalue weighted by Gasteiger charge is -2.21. The van der Waals surface area contributed by atoms with Gasteiger partial charge in [0.2, 0.25) is 5.91 Å². The summed E-state index contributed by atoms with van der Waals surface area (Å²) >= 11 is 1.17.